The molecule has 3 aromatic rings. The van der Waals surface area contributed by atoms with Crippen molar-refractivity contribution in [1.29, 1.82) is 0 Å². The van der Waals surface area contributed by atoms with E-state index in [9.17, 15) is 10.1 Å². The van der Waals surface area contributed by atoms with Crippen LogP contribution < -0.4 is 5.32 Å². The van der Waals surface area contributed by atoms with E-state index in [4.69, 9.17) is 0 Å². The fourth-order valence-electron chi connectivity index (χ4n) is 2.05. The lowest BCUT2D eigenvalue weighted by Crippen LogP contribution is -2.07. The van der Waals surface area contributed by atoms with E-state index >= 15 is 0 Å². The van der Waals surface area contributed by atoms with Gasteiger partial charge in [0.1, 0.15) is 12.1 Å². The second-order valence-corrected chi connectivity index (χ2v) is 4.48. The van der Waals surface area contributed by atoms with Crippen LogP contribution in [0, 0.1) is 10.1 Å². The van der Waals surface area contributed by atoms with Gasteiger partial charge in [-0.3, -0.25) is 14.8 Å². The van der Waals surface area contributed by atoms with E-state index in [0.29, 0.717) is 23.3 Å². The van der Waals surface area contributed by atoms with Gasteiger partial charge in [-0.25, -0.2) is 9.97 Å². The molecule has 3 rings (SSSR count). The van der Waals surface area contributed by atoms with Gasteiger partial charge in [-0.2, -0.15) is 5.10 Å². The number of benzene rings is 1. The maximum atomic E-state index is 10.9. The van der Waals surface area contributed by atoms with Crippen molar-refractivity contribution in [3.63, 3.8) is 0 Å². The number of hydrogen-bond donors (Lipinski definition) is 1. The number of aryl methyl sites for hydroxylation is 1. The zero-order valence-electron chi connectivity index (χ0n) is 11.2. The number of anilines is 1. The van der Waals surface area contributed by atoms with Gasteiger partial charge in [-0.1, -0.05) is 0 Å². The third-order valence-electron chi connectivity index (χ3n) is 3.19. The molecule has 8 heteroatoms. The molecule has 0 amide bonds. The summed E-state index contributed by atoms with van der Waals surface area (Å²) >= 11 is 0. The standard InChI is InChI=1S/C13H12N6O2/c1-18-10(4-5-17-18)7-14-13-11-6-9(19(20)21)2-3-12(11)15-8-16-13/h2-6,8H,7H2,1H3,(H,14,15,16). The molecule has 21 heavy (non-hydrogen) atoms. The molecule has 2 heterocycles. The summed E-state index contributed by atoms with van der Waals surface area (Å²) in [5, 5.41) is 18.7. The van der Waals surface area contributed by atoms with Crippen LogP contribution in [0.2, 0.25) is 0 Å². The molecule has 0 saturated carbocycles. The van der Waals surface area contributed by atoms with Gasteiger partial charge in [0, 0.05) is 30.8 Å². The van der Waals surface area contributed by atoms with Gasteiger partial charge in [-0.15, -0.1) is 0 Å². The largest absolute Gasteiger partial charge is 0.364 e. The van der Waals surface area contributed by atoms with E-state index < -0.39 is 4.92 Å². The van der Waals surface area contributed by atoms with E-state index in [1.165, 1.54) is 18.5 Å². The van der Waals surface area contributed by atoms with E-state index in [1.807, 2.05) is 13.1 Å². The molecule has 0 aliphatic carbocycles. The summed E-state index contributed by atoms with van der Waals surface area (Å²) < 4.78 is 1.75. The first-order valence-electron chi connectivity index (χ1n) is 6.25. The molecule has 0 spiro atoms. The first kappa shape index (κ1) is 13.0. The topological polar surface area (TPSA) is 98.8 Å². The van der Waals surface area contributed by atoms with Crippen molar-refractivity contribution in [3.05, 3.63) is 52.6 Å². The normalized spacial score (nSPS) is 10.7. The number of hydrogen-bond acceptors (Lipinski definition) is 6. The molecule has 0 saturated heterocycles. The average molecular weight is 284 g/mol. The molecule has 0 bridgehead atoms. The minimum atomic E-state index is -0.433. The molecular weight excluding hydrogens is 272 g/mol. The Bertz CT molecular complexity index is 813. The van der Waals surface area contributed by atoms with Crippen molar-refractivity contribution < 1.29 is 4.92 Å². The minimum Gasteiger partial charge on any atom is -0.364 e. The van der Waals surface area contributed by atoms with Crippen LogP contribution in [-0.4, -0.2) is 24.7 Å². The Morgan fingerprint density at radius 1 is 1.33 bits per heavy atom. The summed E-state index contributed by atoms with van der Waals surface area (Å²) in [5.74, 6) is 0.560. The number of non-ortho nitro benzene ring substituents is 1. The van der Waals surface area contributed by atoms with Crippen LogP contribution in [-0.2, 0) is 13.6 Å². The molecule has 0 aliphatic heterocycles. The van der Waals surface area contributed by atoms with Crippen molar-refractivity contribution in [3.8, 4) is 0 Å². The van der Waals surface area contributed by atoms with Gasteiger partial charge in [0.15, 0.2) is 0 Å². The Hall–Kier alpha value is -3.03. The highest BCUT2D eigenvalue weighted by molar-refractivity contribution is 5.90. The van der Waals surface area contributed by atoms with Crippen molar-refractivity contribution in [1.82, 2.24) is 19.7 Å². The molecule has 1 aromatic carbocycles. The summed E-state index contributed by atoms with van der Waals surface area (Å²) in [6.07, 6.45) is 3.14. The number of nitro groups is 1. The fraction of sp³-hybridized carbons (Fsp3) is 0.154. The maximum absolute atomic E-state index is 10.9. The highest BCUT2D eigenvalue weighted by Crippen LogP contribution is 2.24. The van der Waals surface area contributed by atoms with Crippen LogP contribution in [0.4, 0.5) is 11.5 Å². The lowest BCUT2D eigenvalue weighted by molar-refractivity contribution is -0.384. The molecule has 0 aliphatic rings. The Balaban J connectivity index is 1.95. The number of aromatic nitrogens is 4. The van der Waals surface area contributed by atoms with Crippen LogP contribution in [0.25, 0.3) is 10.9 Å². The monoisotopic (exact) mass is 284 g/mol. The lowest BCUT2D eigenvalue weighted by atomic mass is 10.2. The highest BCUT2D eigenvalue weighted by atomic mass is 16.6. The quantitative estimate of drug-likeness (QED) is 0.580. The third-order valence-corrected chi connectivity index (χ3v) is 3.19. The number of rotatable bonds is 4. The van der Waals surface area contributed by atoms with Crippen LogP contribution in [0.1, 0.15) is 5.69 Å². The van der Waals surface area contributed by atoms with Crippen LogP contribution in [0.3, 0.4) is 0 Å². The first-order valence-corrected chi connectivity index (χ1v) is 6.25. The number of fused-ring (bicyclic) bond motifs is 1. The molecule has 0 unspecified atom stereocenters. The summed E-state index contributed by atoms with van der Waals surface area (Å²) in [6.45, 7) is 0.519. The zero-order chi connectivity index (χ0) is 14.8. The second kappa shape index (κ2) is 5.16. The SMILES string of the molecule is Cn1nccc1CNc1ncnc2ccc([N+](=O)[O-])cc12. The van der Waals surface area contributed by atoms with Gasteiger partial charge >= 0.3 is 0 Å². The van der Waals surface area contributed by atoms with E-state index in [2.05, 4.69) is 20.4 Å². The lowest BCUT2D eigenvalue weighted by Gasteiger charge is -2.08. The van der Waals surface area contributed by atoms with Crippen molar-refractivity contribution >= 4 is 22.4 Å². The Morgan fingerprint density at radius 2 is 2.19 bits per heavy atom. The van der Waals surface area contributed by atoms with Gasteiger partial charge in [0.25, 0.3) is 5.69 Å². The van der Waals surface area contributed by atoms with Gasteiger partial charge in [-0.05, 0) is 12.1 Å². The molecule has 1 N–H and O–H groups in total. The minimum absolute atomic E-state index is 0.0147. The van der Waals surface area contributed by atoms with Crippen LogP contribution in [0.5, 0.6) is 0 Å². The average Bonchev–Trinajstić information content (AvgIpc) is 2.89. The van der Waals surface area contributed by atoms with Crippen LogP contribution in [0.15, 0.2) is 36.8 Å². The maximum Gasteiger partial charge on any atom is 0.270 e. The molecule has 0 fully saturated rings. The smallest absolute Gasteiger partial charge is 0.270 e. The Kier molecular flexibility index (Phi) is 3.19. The summed E-state index contributed by atoms with van der Waals surface area (Å²) in [5.41, 5.74) is 1.65. The van der Waals surface area contributed by atoms with Gasteiger partial charge in [0.05, 0.1) is 22.7 Å². The molecule has 106 valence electrons. The predicted molar refractivity (Wildman–Crippen MR) is 76.7 cm³/mol. The summed E-state index contributed by atoms with van der Waals surface area (Å²) in [6, 6.07) is 6.41. The van der Waals surface area contributed by atoms with E-state index in [1.54, 1.807) is 16.9 Å². The van der Waals surface area contributed by atoms with E-state index in [-0.39, 0.29) is 5.69 Å². The molecular formula is C13H12N6O2. The molecule has 0 radical (unpaired) electrons. The van der Waals surface area contributed by atoms with E-state index in [0.717, 1.165) is 5.69 Å². The molecule has 2 aromatic heterocycles. The van der Waals surface area contributed by atoms with Gasteiger partial charge in [0.2, 0.25) is 0 Å². The van der Waals surface area contributed by atoms with Crippen molar-refractivity contribution in [2.24, 2.45) is 7.05 Å². The summed E-state index contributed by atoms with van der Waals surface area (Å²) in [7, 11) is 1.85. The second-order valence-electron chi connectivity index (χ2n) is 4.48. The number of nitrogens with zero attached hydrogens (tertiary/aromatic N) is 5. The Labute approximate surface area is 119 Å². The summed E-state index contributed by atoms with van der Waals surface area (Å²) in [4.78, 5) is 18.7. The fourth-order valence-corrected chi connectivity index (χ4v) is 2.05. The number of nitro benzene ring substituents is 1. The zero-order valence-corrected chi connectivity index (χ0v) is 11.2. The Morgan fingerprint density at radius 3 is 2.90 bits per heavy atom. The molecule has 8 nitrogen and oxygen atoms in total. The highest BCUT2D eigenvalue weighted by Gasteiger charge is 2.10. The van der Waals surface area contributed by atoms with Crippen molar-refractivity contribution in [2.75, 3.05) is 5.32 Å². The van der Waals surface area contributed by atoms with Gasteiger partial charge < -0.3 is 5.32 Å². The van der Waals surface area contributed by atoms with Crippen LogP contribution >= 0.6 is 0 Å². The number of nitrogens with one attached hydrogen (secondary N) is 1. The third kappa shape index (κ3) is 2.50. The molecule has 0 atom stereocenters. The predicted octanol–water partition coefficient (Wildman–Crippen LogP) is 1.88. The first-order chi connectivity index (χ1) is 10.1. The van der Waals surface area contributed by atoms with Crippen molar-refractivity contribution in [2.45, 2.75) is 6.54 Å².